The van der Waals surface area contributed by atoms with Gasteiger partial charge in [0.2, 0.25) is 0 Å². The first kappa shape index (κ1) is 19.6. The maximum Gasteiger partial charge on any atom is 0.191 e. The normalized spacial score (nSPS) is 23.7. The number of guanidine groups is 1. The van der Waals surface area contributed by atoms with Crippen LogP contribution in [-0.4, -0.2) is 62.8 Å². The van der Waals surface area contributed by atoms with E-state index < -0.39 is 0 Å². The van der Waals surface area contributed by atoms with E-state index in [0.717, 1.165) is 48.7 Å². The predicted octanol–water partition coefficient (Wildman–Crippen LogP) is 2.55. The first-order valence-corrected chi connectivity index (χ1v) is 10.2. The topological polar surface area (TPSA) is 48.9 Å². The molecule has 2 aliphatic heterocycles. The minimum absolute atomic E-state index is 0.156. The summed E-state index contributed by atoms with van der Waals surface area (Å²) in [5.41, 5.74) is 0.744. The SMILES string of the molecule is CN=C(NCCCc1ccc(Br)cc1F)NCC1CN2CCCC2CO1. The van der Waals surface area contributed by atoms with Crippen molar-refractivity contribution in [3.63, 3.8) is 0 Å². The molecule has 144 valence electrons. The zero-order valence-corrected chi connectivity index (χ0v) is 16.9. The fourth-order valence-corrected chi connectivity index (χ4v) is 3.98. The molecular formula is C19H28BrFN4O. The van der Waals surface area contributed by atoms with Crippen LogP contribution in [0.4, 0.5) is 4.39 Å². The molecule has 5 nitrogen and oxygen atoms in total. The molecule has 0 bridgehead atoms. The summed E-state index contributed by atoms with van der Waals surface area (Å²) in [6.07, 6.45) is 4.30. The fraction of sp³-hybridized carbons (Fsp3) is 0.632. The van der Waals surface area contributed by atoms with E-state index in [0.29, 0.717) is 12.5 Å². The fourth-order valence-electron chi connectivity index (χ4n) is 3.65. The molecule has 2 unspecified atom stereocenters. The monoisotopic (exact) mass is 426 g/mol. The minimum Gasteiger partial charge on any atom is -0.373 e. The highest BCUT2D eigenvalue weighted by Crippen LogP contribution is 2.22. The zero-order valence-electron chi connectivity index (χ0n) is 15.3. The van der Waals surface area contributed by atoms with Crippen molar-refractivity contribution in [1.82, 2.24) is 15.5 Å². The number of benzene rings is 1. The van der Waals surface area contributed by atoms with Crippen molar-refractivity contribution in [2.24, 2.45) is 4.99 Å². The lowest BCUT2D eigenvalue weighted by Crippen LogP contribution is -2.51. The lowest BCUT2D eigenvalue weighted by atomic mass is 10.1. The highest BCUT2D eigenvalue weighted by molar-refractivity contribution is 9.10. The molecule has 2 saturated heterocycles. The molecule has 2 aliphatic rings. The molecule has 2 fully saturated rings. The van der Waals surface area contributed by atoms with Gasteiger partial charge < -0.3 is 15.4 Å². The number of aliphatic imine (C=N–C) groups is 1. The van der Waals surface area contributed by atoms with Gasteiger partial charge in [-0.3, -0.25) is 9.89 Å². The molecule has 3 rings (SSSR count). The summed E-state index contributed by atoms with van der Waals surface area (Å²) in [4.78, 5) is 6.80. The van der Waals surface area contributed by atoms with E-state index in [1.165, 1.54) is 25.5 Å². The summed E-state index contributed by atoms with van der Waals surface area (Å²) < 4.78 is 20.5. The minimum atomic E-state index is -0.156. The predicted molar refractivity (Wildman–Crippen MR) is 106 cm³/mol. The number of hydrogen-bond acceptors (Lipinski definition) is 3. The average molecular weight is 427 g/mol. The van der Waals surface area contributed by atoms with Crippen molar-refractivity contribution in [3.8, 4) is 0 Å². The van der Waals surface area contributed by atoms with Gasteiger partial charge in [-0.2, -0.15) is 0 Å². The Hall–Kier alpha value is -1.18. The summed E-state index contributed by atoms with van der Waals surface area (Å²) in [6, 6.07) is 5.85. The lowest BCUT2D eigenvalue weighted by Gasteiger charge is -2.35. The van der Waals surface area contributed by atoms with Crippen molar-refractivity contribution in [1.29, 1.82) is 0 Å². The van der Waals surface area contributed by atoms with Crippen LogP contribution in [0.15, 0.2) is 27.7 Å². The molecule has 1 aromatic carbocycles. The number of rotatable bonds is 6. The summed E-state index contributed by atoms with van der Waals surface area (Å²) in [7, 11) is 1.77. The molecule has 1 aromatic rings. The Balaban J connectivity index is 1.34. The number of hydrogen-bond donors (Lipinski definition) is 2. The summed E-state index contributed by atoms with van der Waals surface area (Å²) >= 11 is 3.28. The Labute approximate surface area is 163 Å². The van der Waals surface area contributed by atoms with Gasteiger partial charge in [0, 0.05) is 37.2 Å². The Bertz CT molecular complexity index is 628. The van der Waals surface area contributed by atoms with Gasteiger partial charge >= 0.3 is 0 Å². The van der Waals surface area contributed by atoms with Gasteiger partial charge in [0.25, 0.3) is 0 Å². The largest absolute Gasteiger partial charge is 0.373 e. The van der Waals surface area contributed by atoms with Crippen LogP contribution in [0.2, 0.25) is 0 Å². The molecule has 0 amide bonds. The Morgan fingerprint density at radius 2 is 2.31 bits per heavy atom. The molecule has 2 N–H and O–H groups in total. The molecule has 2 heterocycles. The van der Waals surface area contributed by atoms with E-state index >= 15 is 0 Å². The van der Waals surface area contributed by atoms with E-state index in [1.54, 1.807) is 7.05 Å². The molecule has 0 saturated carbocycles. The number of halogens is 2. The summed E-state index contributed by atoms with van der Waals surface area (Å²) in [5.74, 6) is 0.616. The molecule has 0 aliphatic carbocycles. The van der Waals surface area contributed by atoms with E-state index in [4.69, 9.17) is 4.74 Å². The molecule has 0 radical (unpaired) electrons. The highest BCUT2D eigenvalue weighted by Gasteiger charge is 2.32. The smallest absolute Gasteiger partial charge is 0.191 e. The van der Waals surface area contributed by atoms with Crippen LogP contribution in [0.3, 0.4) is 0 Å². The molecule has 0 aromatic heterocycles. The lowest BCUT2D eigenvalue weighted by molar-refractivity contribution is -0.0453. The van der Waals surface area contributed by atoms with Crippen LogP contribution in [0.25, 0.3) is 0 Å². The maximum absolute atomic E-state index is 13.8. The van der Waals surface area contributed by atoms with Crippen LogP contribution in [0.1, 0.15) is 24.8 Å². The van der Waals surface area contributed by atoms with E-state index in [-0.39, 0.29) is 11.9 Å². The molecule has 2 atom stereocenters. The number of nitrogens with zero attached hydrogens (tertiary/aromatic N) is 2. The van der Waals surface area contributed by atoms with Crippen LogP contribution < -0.4 is 10.6 Å². The van der Waals surface area contributed by atoms with E-state index in [2.05, 4.69) is 36.5 Å². The van der Waals surface area contributed by atoms with Gasteiger partial charge in [0.15, 0.2) is 5.96 Å². The zero-order chi connectivity index (χ0) is 18.4. The van der Waals surface area contributed by atoms with Crippen molar-refractivity contribution < 1.29 is 9.13 Å². The van der Waals surface area contributed by atoms with Crippen LogP contribution >= 0.6 is 15.9 Å². The molecular weight excluding hydrogens is 399 g/mol. The Morgan fingerprint density at radius 3 is 3.12 bits per heavy atom. The third kappa shape index (κ3) is 5.41. The summed E-state index contributed by atoms with van der Waals surface area (Å²) in [6.45, 7) is 4.54. The second-order valence-corrected chi connectivity index (χ2v) is 7.88. The van der Waals surface area contributed by atoms with Gasteiger partial charge in [0.1, 0.15) is 5.82 Å². The maximum atomic E-state index is 13.8. The first-order valence-electron chi connectivity index (χ1n) is 9.40. The second-order valence-electron chi connectivity index (χ2n) is 6.97. The number of aryl methyl sites for hydroxylation is 1. The van der Waals surface area contributed by atoms with Crippen molar-refractivity contribution in [2.45, 2.75) is 37.8 Å². The van der Waals surface area contributed by atoms with Crippen LogP contribution in [0, 0.1) is 5.82 Å². The number of nitrogens with one attached hydrogen (secondary N) is 2. The second kappa shape index (κ2) is 9.67. The van der Waals surface area contributed by atoms with Gasteiger partial charge in [0.05, 0.1) is 12.7 Å². The standard InChI is InChI=1S/C19H28BrFN4O/c1-22-19(23-8-2-4-14-6-7-15(20)10-18(14)21)24-11-17-12-25-9-3-5-16(25)13-26-17/h6-7,10,16-17H,2-5,8-9,11-13H2,1H3,(H2,22,23,24). The highest BCUT2D eigenvalue weighted by atomic mass is 79.9. The first-order chi connectivity index (χ1) is 12.7. The third-order valence-electron chi connectivity index (χ3n) is 5.11. The van der Waals surface area contributed by atoms with Crippen molar-refractivity contribution in [3.05, 3.63) is 34.1 Å². The van der Waals surface area contributed by atoms with Crippen molar-refractivity contribution >= 4 is 21.9 Å². The van der Waals surface area contributed by atoms with Crippen LogP contribution in [0.5, 0.6) is 0 Å². The van der Waals surface area contributed by atoms with Gasteiger partial charge in [-0.1, -0.05) is 22.0 Å². The number of morpholine rings is 1. The Morgan fingerprint density at radius 1 is 1.42 bits per heavy atom. The quantitative estimate of drug-likeness (QED) is 0.416. The molecule has 7 heteroatoms. The van der Waals surface area contributed by atoms with Gasteiger partial charge in [-0.25, -0.2) is 4.39 Å². The number of fused-ring (bicyclic) bond motifs is 1. The Kier molecular flexibility index (Phi) is 7.28. The van der Waals surface area contributed by atoms with Gasteiger partial charge in [-0.15, -0.1) is 0 Å². The van der Waals surface area contributed by atoms with Crippen molar-refractivity contribution in [2.75, 3.05) is 39.8 Å². The van der Waals surface area contributed by atoms with E-state index in [1.807, 2.05) is 12.1 Å². The van der Waals surface area contributed by atoms with E-state index in [9.17, 15) is 4.39 Å². The average Bonchev–Trinajstić information content (AvgIpc) is 3.10. The van der Waals surface area contributed by atoms with Gasteiger partial charge in [-0.05, 0) is 49.9 Å². The third-order valence-corrected chi connectivity index (χ3v) is 5.61. The molecule has 0 spiro atoms. The number of ether oxygens (including phenoxy) is 1. The molecule has 26 heavy (non-hydrogen) atoms. The van der Waals surface area contributed by atoms with Crippen LogP contribution in [-0.2, 0) is 11.2 Å². The summed E-state index contributed by atoms with van der Waals surface area (Å²) in [5, 5.41) is 6.64.